The van der Waals surface area contributed by atoms with Crippen molar-refractivity contribution < 1.29 is 31.1 Å². The van der Waals surface area contributed by atoms with Gasteiger partial charge in [0.25, 0.3) is 5.54 Å². The fourth-order valence-corrected chi connectivity index (χ4v) is 1.67. The average Bonchev–Trinajstić information content (AvgIpc) is 2.33. The minimum atomic E-state index is -5.78. The third-order valence-corrected chi connectivity index (χ3v) is 2.75. The molecule has 0 fully saturated rings. The predicted molar refractivity (Wildman–Crippen MR) is 63.2 cm³/mol. The molecule has 0 spiro atoms. The van der Waals surface area contributed by atoms with E-state index >= 15 is 0 Å². The first-order valence-corrected chi connectivity index (χ1v) is 5.60. The molecule has 21 heavy (non-hydrogen) atoms. The van der Waals surface area contributed by atoms with Crippen LogP contribution in [-0.2, 0) is 10.3 Å². The molecule has 2 nitrogen and oxygen atoms in total. The second-order valence-electron chi connectivity index (χ2n) is 4.35. The van der Waals surface area contributed by atoms with Crippen LogP contribution in [0.1, 0.15) is 12.5 Å². The van der Waals surface area contributed by atoms with Crippen molar-refractivity contribution in [1.29, 1.82) is 0 Å². The SMILES string of the molecule is C=C(C)C(=O)NC(c1ccccc1)(C(F)(F)F)C(F)(F)F. The first kappa shape index (κ1) is 17.1. The Hall–Kier alpha value is -1.99. The lowest BCUT2D eigenvalue weighted by atomic mass is 9.87. The summed E-state index contributed by atoms with van der Waals surface area (Å²) in [4.78, 5) is 11.4. The van der Waals surface area contributed by atoms with Crippen LogP contribution in [0, 0.1) is 0 Å². The standard InChI is InChI=1S/C13H11F6NO/c1-8(2)10(21)20-11(12(14,15)16,13(17,18)19)9-6-4-3-5-7-9/h3-7H,1H2,2H3,(H,20,21). The minimum Gasteiger partial charge on any atom is -0.327 e. The first-order valence-electron chi connectivity index (χ1n) is 5.60. The van der Waals surface area contributed by atoms with Crippen LogP contribution in [0.3, 0.4) is 0 Å². The Morgan fingerprint density at radius 3 is 1.76 bits per heavy atom. The second-order valence-corrected chi connectivity index (χ2v) is 4.35. The van der Waals surface area contributed by atoms with E-state index in [-0.39, 0.29) is 0 Å². The van der Waals surface area contributed by atoms with Crippen molar-refractivity contribution in [3.05, 3.63) is 48.0 Å². The van der Waals surface area contributed by atoms with Crippen LogP contribution in [0.4, 0.5) is 26.3 Å². The van der Waals surface area contributed by atoms with Gasteiger partial charge in [-0.2, -0.15) is 26.3 Å². The van der Waals surface area contributed by atoms with Crippen LogP contribution in [-0.4, -0.2) is 18.3 Å². The number of carbonyl (C=O) groups is 1. The fraction of sp³-hybridized carbons (Fsp3) is 0.308. The lowest BCUT2D eigenvalue weighted by molar-refractivity contribution is -0.311. The number of alkyl halides is 6. The van der Waals surface area contributed by atoms with Crippen molar-refractivity contribution >= 4 is 5.91 Å². The van der Waals surface area contributed by atoms with Gasteiger partial charge in [-0.05, 0) is 12.5 Å². The van der Waals surface area contributed by atoms with Gasteiger partial charge >= 0.3 is 12.4 Å². The summed E-state index contributed by atoms with van der Waals surface area (Å²) in [5.74, 6) is -1.53. The van der Waals surface area contributed by atoms with Crippen molar-refractivity contribution in [2.24, 2.45) is 0 Å². The molecule has 0 bridgehead atoms. The lowest BCUT2D eigenvalue weighted by Gasteiger charge is -2.38. The summed E-state index contributed by atoms with van der Waals surface area (Å²) in [6.07, 6.45) is -11.6. The second kappa shape index (κ2) is 5.42. The summed E-state index contributed by atoms with van der Waals surface area (Å²) in [6, 6.07) is 4.61. The third kappa shape index (κ3) is 3.03. The largest absolute Gasteiger partial charge is 0.424 e. The van der Waals surface area contributed by atoms with Gasteiger partial charge in [-0.15, -0.1) is 0 Å². The highest BCUT2D eigenvalue weighted by molar-refractivity contribution is 5.93. The van der Waals surface area contributed by atoms with Crippen molar-refractivity contribution in [2.75, 3.05) is 0 Å². The summed E-state index contributed by atoms with van der Waals surface area (Å²) in [5, 5.41) is 1.04. The number of halogens is 6. The van der Waals surface area contributed by atoms with Crippen LogP contribution in [0.2, 0.25) is 0 Å². The molecule has 0 aliphatic rings. The molecule has 116 valence electrons. The molecule has 0 saturated carbocycles. The fourth-order valence-electron chi connectivity index (χ4n) is 1.67. The number of carbonyl (C=O) groups excluding carboxylic acids is 1. The maximum absolute atomic E-state index is 13.2. The average molecular weight is 311 g/mol. The van der Waals surface area contributed by atoms with Crippen LogP contribution in [0.5, 0.6) is 0 Å². The number of rotatable bonds is 3. The van der Waals surface area contributed by atoms with Crippen molar-refractivity contribution in [2.45, 2.75) is 24.8 Å². The highest BCUT2D eigenvalue weighted by Gasteiger charge is 2.72. The van der Waals surface area contributed by atoms with E-state index < -0.39 is 34.9 Å². The van der Waals surface area contributed by atoms with Gasteiger partial charge in [0.2, 0.25) is 5.91 Å². The van der Waals surface area contributed by atoms with Crippen molar-refractivity contribution in [3.63, 3.8) is 0 Å². The van der Waals surface area contributed by atoms with E-state index in [9.17, 15) is 31.1 Å². The summed E-state index contributed by atoms with van der Waals surface area (Å²) in [6.45, 7) is 4.06. The van der Waals surface area contributed by atoms with Gasteiger partial charge in [0.1, 0.15) is 0 Å². The molecular weight excluding hydrogens is 300 g/mol. The first-order chi connectivity index (χ1) is 9.43. The Balaban J connectivity index is 3.60. The van der Waals surface area contributed by atoms with E-state index in [0.717, 1.165) is 24.4 Å². The summed E-state index contributed by atoms with van der Waals surface area (Å²) < 4.78 is 79.3. The van der Waals surface area contributed by atoms with E-state index in [1.165, 1.54) is 6.07 Å². The normalized spacial score (nSPS) is 12.9. The molecule has 0 unspecified atom stereocenters. The van der Waals surface area contributed by atoms with E-state index in [2.05, 4.69) is 6.58 Å². The molecule has 0 aliphatic carbocycles. The Bertz CT molecular complexity index is 518. The smallest absolute Gasteiger partial charge is 0.327 e. The molecule has 0 aliphatic heterocycles. The molecule has 0 aromatic heterocycles. The van der Waals surface area contributed by atoms with Crippen LogP contribution in [0.25, 0.3) is 0 Å². The van der Waals surface area contributed by atoms with Crippen LogP contribution in [0.15, 0.2) is 42.5 Å². The molecule has 0 atom stereocenters. The van der Waals surface area contributed by atoms with E-state index in [1.54, 1.807) is 0 Å². The topological polar surface area (TPSA) is 29.1 Å². The van der Waals surface area contributed by atoms with Crippen molar-refractivity contribution in [1.82, 2.24) is 5.32 Å². The van der Waals surface area contributed by atoms with Crippen LogP contribution < -0.4 is 5.32 Å². The Morgan fingerprint density at radius 2 is 1.43 bits per heavy atom. The molecule has 1 rings (SSSR count). The third-order valence-electron chi connectivity index (χ3n) is 2.75. The molecule has 1 N–H and O–H groups in total. The summed E-state index contributed by atoms with van der Waals surface area (Å²) in [5.41, 5.74) is -6.08. The minimum absolute atomic E-state index is 0.469. The number of hydrogen-bond acceptors (Lipinski definition) is 1. The van der Waals surface area contributed by atoms with E-state index in [0.29, 0.717) is 12.1 Å². The lowest BCUT2D eigenvalue weighted by Crippen LogP contribution is -2.64. The Morgan fingerprint density at radius 1 is 1.00 bits per heavy atom. The molecule has 0 saturated heterocycles. The van der Waals surface area contributed by atoms with Gasteiger partial charge in [-0.3, -0.25) is 4.79 Å². The zero-order chi connectivity index (χ0) is 16.5. The van der Waals surface area contributed by atoms with E-state index in [4.69, 9.17) is 0 Å². The monoisotopic (exact) mass is 311 g/mol. The summed E-state index contributed by atoms with van der Waals surface area (Å²) in [7, 11) is 0. The Labute approximate surface area is 116 Å². The number of nitrogens with one attached hydrogen (secondary N) is 1. The maximum atomic E-state index is 13.2. The molecule has 0 heterocycles. The number of benzene rings is 1. The highest BCUT2D eigenvalue weighted by atomic mass is 19.4. The quantitative estimate of drug-likeness (QED) is 0.669. The number of amides is 1. The van der Waals surface area contributed by atoms with E-state index in [1.807, 2.05) is 0 Å². The molecule has 1 aromatic rings. The number of hydrogen-bond donors (Lipinski definition) is 1. The summed E-state index contributed by atoms with van der Waals surface area (Å²) >= 11 is 0. The maximum Gasteiger partial charge on any atom is 0.424 e. The molecule has 0 radical (unpaired) electrons. The van der Waals surface area contributed by atoms with Gasteiger partial charge in [0.05, 0.1) is 0 Å². The van der Waals surface area contributed by atoms with Gasteiger partial charge in [0, 0.05) is 5.57 Å². The zero-order valence-electron chi connectivity index (χ0n) is 10.8. The highest BCUT2D eigenvalue weighted by Crippen LogP contribution is 2.50. The van der Waals surface area contributed by atoms with Gasteiger partial charge in [-0.25, -0.2) is 0 Å². The Kier molecular flexibility index (Phi) is 4.40. The zero-order valence-corrected chi connectivity index (χ0v) is 10.8. The molecule has 1 aromatic carbocycles. The van der Waals surface area contributed by atoms with Gasteiger partial charge < -0.3 is 5.32 Å². The van der Waals surface area contributed by atoms with Crippen LogP contribution >= 0.6 is 0 Å². The van der Waals surface area contributed by atoms with Gasteiger partial charge in [0.15, 0.2) is 0 Å². The predicted octanol–water partition coefficient (Wildman–Crippen LogP) is 3.70. The molecule has 1 amide bonds. The van der Waals surface area contributed by atoms with Gasteiger partial charge in [-0.1, -0.05) is 36.9 Å². The molecule has 8 heteroatoms. The molecular formula is C13H11F6NO. The van der Waals surface area contributed by atoms with Crippen molar-refractivity contribution in [3.8, 4) is 0 Å².